The highest BCUT2D eigenvalue weighted by molar-refractivity contribution is 7.91. The second kappa shape index (κ2) is 7.21. The largest absolute Gasteiger partial charge is 0.295 e. The molecule has 1 aliphatic heterocycles. The highest BCUT2D eigenvalue weighted by atomic mass is 35.5. The molecular weight excluding hydrogens is 349 g/mol. The van der Waals surface area contributed by atoms with E-state index in [0.717, 1.165) is 24.9 Å². The molecule has 2 aromatic rings. The number of sulfone groups is 1. The maximum Gasteiger partial charge on any atom is 0.179 e. The Morgan fingerprint density at radius 3 is 2.42 bits per heavy atom. The second-order valence-corrected chi connectivity index (χ2v) is 8.56. The van der Waals surface area contributed by atoms with E-state index < -0.39 is 9.84 Å². The zero-order valence-corrected chi connectivity index (χ0v) is 14.7. The maximum absolute atomic E-state index is 13.1. The molecule has 1 atom stereocenters. The first-order valence-electron chi connectivity index (χ1n) is 7.93. The van der Waals surface area contributed by atoms with Gasteiger partial charge in [0.2, 0.25) is 0 Å². The summed E-state index contributed by atoms with van der Waals surface area (Å²) >= 11 is 5.81. The van der Waals surface area contributed by atoms with E-state index in [1.54, 1.807) is 36.4 Å². The van der Waals surface area contributed by atoms with E-state index in [1.165, 1.54) is 12.1 Å². The summed E-state index contributed by atoms with van der Waals surface area (Å²) in [5.41, 5.74) is 1.04. The van der Waals surface area contributed by atoms with Gasteiger partial charge in [0.1, 0.15) is 5.82 Å². The first-order valence-corrected chi connectivity index (χ1v) is 9.96. The number of likely N-dealkylation sites (tertiary alicyclic amines) is 1. The van der Waals surface area contributed by atoms with Crippen LogP contribution in [0.1, 0.15) is 24.4 Å². The van der Waals surface area contributed by atoms with Crippen molar-refractivity contribution in [2.75, 3.05) is 18.8 Å². The van der Waals surface area contributed by atoms with Crippen LogP contribution in [-0.2, 0) is 9.84 Å². The molecule has 1 aliphatic rings. The molecule has 0 aliphatic carbocycles. The predicted octanol–water partition coefficient (Wildman–Crippen LogP) is 4.09. The molecular formula is C18H19ClFNO2S. The van der Waals surface area contributed by atoms with Crippen LogP contribution in [0, 0.1) is 5.82 Å². The van der Waals surface area contributed by atoms with Gasteiger partial charge in [-0.05, 0) is 61.3 Å². The Morgan fingerprint density at radius 1 is 1.08 bits per heavy atom. The average Bonchev–Trinajstić information content (AvgIpc) is 3.03. The van der Waals surface area contributed by atoms with Gasteiger partial charge in [-0.3, -0.25) is 4.90 Å². The Morgan fingerprint density at radius 2 is 1.75 bits per heavy atom. The number of benzene rings is 2. The van der Waals surface area contributed by atoms with Crippen molar-refractivity contribution in [3.8, 4) is 0 Å². The van der Waals surface area contributed by atoms with E-state index in [2.05, 4.69) is 4.90 Å². The van der Waals surface area contributed by atoms with Crippen molar-refractivity contribution < 1.29 is 12.8 Å². The molecule has 0 spiro atoms. The lowest BCUT2D eigenvalue weighted by atomic mass is 10.0. The Kier molecular flexibility index (Phi) is 5.23. The first kappa shape index (κ1) is 17.4. The first-order chi connectivity index (χ1) is 11.5. The summed E-state index contributed by atoms with van der Waals surface area (Å²) in [5, 5.41) is 0.518. The molecule has 0 saturated carbocycles. The third-order valence-electron chi connectivity index (χ3n) is 4.44. The predicted molar refractivity (Wildman–Crippen MR) is 93.5 cm³/mol. The van der Waals surface area contributed by atoms with Gasteiger partial charge in [0.05, 0.1) is 10.6 Å². The standard InChI is InChI=1S/C18H19ClFNO2S/c19-15-5-9-17(10-6-15)24(22,23)13-12-21-11-1-2-18(21)14-3-7-16(20)8-4-14/h3-10,18H,1-2,11-13H2. The van der Waals surface area contributed by atoms with Crippen LogP contribution in [-0.4, -0.2) is 32.2 Å². The van der Waals surface area contributed by atoms with Gasteiger partial charge < -0.3 is 0 Å². The summed E-state index contributed by atoms with van der Waals surface area (Å²) in [6.45, 7) is 1.32. The summed E-state index contributed by atoms with van der Waals surface area (Å²) in [4.78, 5) is 2.46. The molecule has 1 heterocycles. The zero-order valence-electron chi connectivity index (χ0n) is 13.2. The van der Waals surface area contributed by atoms with Gasteiger partial charge in [-0.25, -0.2) is 12.8 Å². The average molecular weight is 368 g/mol. The molecule has 128 valence electrons. The molecule has 0 aromatic heterocycles. The minimum absolute atomic E-state index is 0.0618. The van der Waals surface area contributed by atoms with Crippen LogP contribution in [0.25, 0.3) is 0 Å². The van der Waals surface area contributed by atoms with Crippen molar-refractivity contribution in [1.29, 1.82) is 0 Å². The number of nitrogens with zero attached hydrogens (tertiary/aromatic N) is 1. The molecule has 0 bridgehead atoms. The second-order valence-electron chi connectivity index (χ2n) is 6.02. The van der Waals surface area contributed by atoms with Crippen molar-refractivity contribution in [2.45, 2.75) is 23.8 Å². The van der Waals surface area contributed by atoms with Crippen molar-refractivity contribution >= 4 is 21.4 Å². The smallest absolute Gasteiger partial charge is 0.179 e. The van der Waals surface area contributed by atoms with Crippen molar-refractivity contribution in [3.05, 3.63) is 64.9 Å². The summed E-state index contributed by atoms with van der Waals surface area (Å²) in [6.07, 6.45) is 1.98. The third-order valence-corrected chi connectivity index (χ3v) is 6.40. The lowest BCUT2D eigenvalue weighted by Crippen LogP contribution is -2.29. The Balaban J connectivity index is 1.68. The molecule has 3 rings (SSSR count). The maximum atomic E-state index is 13.1. The lowest BCUT2D eigenvalue weighted by Gasteiger charge is -2.24. The van der Waals surface area contributed by atoms with E-state index in [0.29, 0.717) is 16.5 Å². The Labute approximate surface area is 147 Å². The summed E-state index contributed by atoms with van der Waals surface area (Å²) < 4.78 is 38.0. The van der Waals surface area contributed by atoms with Crippen molar-refractivity contribution in [1.82, 2.24) is 4.90 Å². The van der Waals surface area contributed by atoms with Gasteiger partial charge in [-0.15, -0.1) is 0 Å². The van der Waals surface area contributed by atoms with E-state index in [9.17, 15) is 12.8 Å². The van der Waals surface area contributed by atoms with Crippen molar-refractivity contribution in [3.63, 3.8) is 0 Å². The summed E-state index contributed by atoms with van der Waals surface area (Å²) in [5.74, 6) is -0.194. The summed E-state index contributed by atoms with van der Waals surface area (Å²) in [7, 11) is -3.34. The molecule has 2 aromatic carbocycles. The van der Waals surface area contributed by atoms with Gasteiger partial charge in [0.15, 0.2) is 9.84 Å². The van der Waals surface area contributed by atoms with Crippen molar-refractivity contribution in [2.24, 2.45) is 0 Å². The van der Waals surface area contributed by atoms with Crippen LogP contribution in [0.2, 0.25) is 5.02 Å². The van der Waals surface area contributed by atoms with E-state index in [1.807, 2.05) is 0 Å². The molecule has 1 fully saturated rings. The van der Waals surface area contributed by atoms with E-state index in [4.69, 9.17) is 11.6 Å². The van der Waals surface area contributed by atoms with Gasteiger partial charge in [-0.2, -0.15) is 0 Å². The zero-order chi connectivity index (χ0) is 17.2. The number of halogens is 2. The lowest BCUT2D eigenvalue weighted by molar-refractivity contribution is 0.272. The van der Waals surface area contributed by atoms with Gasteiger partial charge in [-0.1, -0.05) is 23.7 Å². The fourth-order valence-corrected chi connectivity index (χ4v) is 4.54. The summed E-state index contributed by atoms with van der Waals surface area (Å²) in [6, 6.07) is 12.9. The fraction of sp³-hybridized carbons (Fsp3) is 0.333. The third kappa shape index (κ3) is 3.97. The number of rotatable bonds is 5. The highest BCUT2D eigenvalue weighted by Crippen LogP contribution is 2.32. The molecule has 1 saturated heterocycles. The molecule has 0 amide bonds. The fourth-order valence-electron chi connectivity index (χ4n) is 3.15. The molecule has 1 unspecified atom stereocenters. The monoisotopic (exact) mass is 367 g/mol. The normalized spacial score (nSPS) is 18.8. The topological polar surface area (TPSA) is 37.4 Å². The van der Waals surface area contributed by atoms with Crippen LogP contribution < -0.4 is 0 Å². The minimum atomic E-state index is -3.34. The molecule has 0 radical (unpaired) electrons. The number of hydrogen-bond donors (Lipinski definition) is 0. The van der Waals surface area contributed by atoms with Crippen LogP contribution in [0.15, 0.2) is 53.4 Å². The quantitative estimate of drug-likeness (QED) is 0.798. The van der Waals surface area contributed by atoms with Crippen LogP contribution >= 0.6 is 11.6 Å². The minimum Gasteiger partial charge on any atom is -0.295 e. The molecule has 6 heteroatoms. The Bertz CT molecular complexity index is 791. The van der Waals surface area contributed by atoms with E-state index >= 15 is 0 Å². The van der Waals surface area contributed by atoms with E-state index in [-0.39, 0.29) is 17.6 Å². The van der Waals surface area contributed by atoms with Crippen LogP contribution in [0.5, 0.6) is 0 Å². The SMILES string of the molecule is O=S(=O)(CCN1CCCC1c1ccc(F)cc1)c1ccc(Cl)cc1. The molecule has 3 nitrogen and oxygen atoms in total. The molecule has 24 heavy (non-hydrogen) atoms. The van der Waals surface area contributed by atoms with Crippen LogP contribution in [0.4, 0.5) is 4.39 Å². The van der Waals surface area contributed by atoms with Gasteiger partial charge >= 0.3 is 0 Å². The van der Waals surface area contributed by atoms with Crippen LogP contribution in [0.3, 0.4) is 0 Å². The van der Waals surface area contributed by atoms with Gasteiger partial charge in [0, 0.05) is 17.6 Å². The highest BCUT2D eigenvalue weighted by Gasteiger charge is 2.27. The van der Waals surface area contributed by atoms with Gasteiger partial charge in [0.25, 0.3) is 0 Å². The number of hydrogen-bond acceptors (Lipinski definition) is 3. The Hall–Kier alpha value is -1.43. The molecule has 0 N–H and O–H groups in total.